The Morgan fingerprint density at radius 2 is 2.40 bits per heavy atom. The van der Waals surface area contributed by atoms with Gasteiger partial charge < -0.3 is 5.32 Å². The van der Waals surface area contributed by atoms with Crippen LogP contribution in [0.15, 0.2) is 0 Å². The van der Waals surface area contributed by atoms with E-state index in [-0.39, 0.29) is 0 Å². The fraction of sp³-hybridized carbons (Fsp3) is 1.00. The van der Waals surface area contributed by atoms with Gasteiger partial charge in [-0.05, 0) is 31.7 Å². The van der Waals surface area contributed by atoms with Gasteiger partial charge in [-0.15, -0.1) is 0 Å². The highest BCUT2D eigenvalue weighted by Crippen LogP contribution is 2.17. The first-order valence-electron chi connectivity index (χ1n) is 4.12. The van der Waals surface area contributed by atoms with Crippen LogP contribution in [0.1, 0.15) is 26.2 Å². The molecule has 10 heavy (non-hydrogen) atoms. The molecule has 0 bridgehead atoms. The molecule has 1 fully saturated rings. The molecular weight excluding hydrogens is 190 g/mol. The van der Waals surface area contributed by atoms with Gasteiger partial charge in [0.25, 0.3) is 0 Å². The summed E-state index contributed by atoms with van der Waals surface area (Å²) in [4.78, 5) is 0. The number of alkyl halides is 1. The Bertz CT molecular complexity index is 93.3. The lowest BCUT2D eigenvalue weighted by Crippen LogP contribution is -2.37. The monoisotopic (exact) mass is 205 g/mol. The molecule has 1 saturated heterocycles. The van der Waals surface area contributed by atoms with Crippen LogP contribution in [0.5, 0.6) is 0 Å². The second-order valence-corrected chi connectivity index (χ2v) is 4.05. The Hall–Kier alpha value is 0.440. The van der Waals surface area contributed by atoms with Crippen molar-refractivity contribution in [1.29, 1.82) is 0 Å². The summed E-state index contributed by atoms with van der Waals surface area (Å²) in [7, 11) is 0. The number of piperidine rings is 1. The molecule has 1 N–H and O–H groups in total. The molecule has 0 spiro atoms. The van der Waals surface area contributed by atoms with E-state index in [2.05, 4.69) is 28.2 Å². The summed E-state index contributed by atoms with van der Waals surface area (Å²) < 4.78 is 0. The SMILES string of the molecule is C[C@@H]1CCN[C@@H](CCBr)C1. The maximum absolute atomic E-state index is 3.52. The quantitative estimate of drug-likeness (QED) is 0.682. The van der Waals surface area contributed by atoms with Gasteiger partial charge in [0.15, 0.2) is 0 Å². The molecule has 0 unspecified atom stereocenters. The standard InChI is InChI=1S/C8H16BrN/c1-7-3-5-10-8(6-7)2-4-9/h7-8,10H,2-6H2,1H3/t7-,8+/m1/s1. The predicted molar refractivity (Wildman–Crippen MR) is 48.6 cm³/mol. The molecule has 2 heteroatoms. The van der Waals surface area contributed by atoms with E-state index < -0.39 is 0 Å². The third-order valence-corrected chi connectivity index (χ3v) is 2.67. The summed E-state index contributed by atoms with van der Waals surface area (Å²) in [5, 5.41) is 4.66. The molecule has 60 valence electrons. The van der Waals surface area contributed by atoms with Gasteiger partial charge in [0, 0.05) is 11.4 Å². The topological polar surface area (TPSA) is 12.0 Å². The lowest BCUT2D eigenvalue weighted by Gasteiger charge is -2.27. The molecule has 2 atom stereocenters. The largest absolute Gasteiger partial charge is 0.314 e. The molecule has 0 aliphatic carbocycles. The predicted octanol–water partition coefficient (Wildman–Crippen LogP) is 2.16. The minimum absolute atomic E-state index is 0.781. The average Bonchev–Trinajstić information content (AvgIpc) is 1.88. The van der Waals surface area contributed by atoms with Crippen molar-refractivity contribution in [1.82, 2.24) is 5.32 Å². The molecular formula is C8H16BrN. The summed E-state index contributed by atoms with van der Waals surface area (Å²) in [5.41, 5.74) is 0. The molecule has 1 aliphatic heterocycles. The Morgan fingerprint density at radius 1 is 1.60 bits per heavy atom. The van der Waals surface area contributed by atoms with Crippen molar-refractivity contribution in [2.24, 2.45) is 5.92 Å². The van der Waals surface area contributed by atoms with Crippen molar-refractivity contribution in [2.45, 2.75) is 32.2 Å². The molecule has 0 saturated carbocycles. The summed E-state index contributed by atoms with van der Waals surface area (Å²) in [6, 6.07) is 0.781. The highest BCUT2D eigenvalue weighted by Gasteiger charge is 2.16. The summed E-state index contributed by atoms with van der Waals surface area (Å²) in [6.07, 6.45) is 4.01. The molecule has 1 aliphatic rings. The van der Waals surface area contributed by atoms with Crippen molar-refractivity contribution in [3.63, 3.8) is 0 Å². The summed E-state index contributed by atoms with van der Waals surface area (Å²) in [5.74, 6) is 0.935. The van der Waals surface area contributed by atoms with E-state index in [0.29, 0.717) is 0 Å². The van der Waals surface area contributed by atoms with Crippen molar-refractivity contribution < 1.29 is 0 Å². The molecule has 1 heterocycles. The highest BCUT2D eigenvalue weighted by molar-refractivity contribution is 9.09. The maximum Gasteiger partial charge on any atom is 0.00775 e. The molecule has 1 rings (SSSR count). The minimum Gasteiger partial charge on any atom is -0.314 e. The van der Waals surface area contributed by atoms with E-state index in [1.807, 2.05) is 0 Å². The molecule has 0 radical (unpaired) electrons. The van der Waals surface area contributed by atoms with Gasteiger partial charge in [0.1, 0.15) is 0 Å². The smallest absolute Gasteiger partial charge is 0.00775 e. The third kappa shape index (κ3) is 2.59. The van der Waals surface area contributed by atoms with Gasteiger partial charge >= 0.3 is 0 Å². The number of hydrogen-bond donors (Lipinski definition) is 1. The fourth-order valence-corrected chi connectivity index (χ4v) is 2.13. The van der Waals surface area contributed by atoms with Crippen LogP contribution in [0, 0.1) is 5.92 Å². The van der Waals surface area contributed by atoms with Crippen LogP contribution in [-0.4, -0.2) is 17.9 Å². The van der Waals surface area contributed by atoms with Crippen LogP contribution >= 0.6 is 15.9 Å². The van der Waals surface area contributed by atoms with Crippen LogP contribution in [0.25, 0.3) is 0 Å². The van der Waals surface area contributed by atoms with Crippen molar-refractivity contribution >= 4 is 15.9 Å². The lowest BCUT2D eigenvalue weighted by atomic mass is 9.93. The minimum atomic E-state index is 0.781. The van der Waals surface area contributed by atoms with E-state index in [9.17, 15) is 0 Å². The summed E-state index contributed by atoms with van der Waals surface area (Å²) >= 11 is 3.46. The molecule has 0 amide bonds. The normalized spacial score (nSPS) is 34.2. The van der Waals surface area contributed by atoms with E-state index in [4.69, 9.17) is 0 Å². The van der Waals surface area contributed by atoms with Crippen LogP contribution in [0.3, 0.4) is 0 Å². The van der Waals surface area contributed by atoms with Crippen LogP contribution < -0.4 is 5.32 Å². The first-order valence-corrected chi connectivity index (χ1v) is 5.24. The van der Waals surface area contributed by atoms with E-state index in [1.165, 1.54) is 25.8 Å². The van der Waals surface area contributed by atoms with E-state index in [1.54, 1.807) is 0 Å². The maximum atomic E-state index is 3.52. The van der Waals surface area contributed by atoms with Gasteiger partial charge in [-0.2, -0.15) is 0 Å². The highest BCUT2D eigenvalue weighted by atomic mass is 79.9. The molecule has 0 aromatic heterocycles. The number of nitrogens with one attached hydrogen (secondary N) is 1. The second-order valence-electron chi connectivity index (χ2n) is 3.26. The van der Waals surface area contributed by atoms with Crippen molar-refractivity contribution in [3.8, 4) is 0 Å². The Morgan fingerprint density at radius 3 is 3.00 bits per heavy atom. The first kappa shape index (κ1) is 8.54. The number of rotatable bonds is 2. The van der Waals surface area contributed by atoms with Gasteiger partial charge in [0.2, 0.25) is 0 Å². The third-order valence-electron chi connectivity index (χ3n) is 2.21. The van der Waals surface area contributed by atoms with Crippen LogP contribution in [-0.2, 0) is 0 Å². The fourth-order valence-electron chi connectivity index (χ4n) is 1.57. The number of halogens is 1. The Labute approximate surface area is 71.7 Å². The van der Waals surface area contributed by atoms with Gasteiger partial charge in [-0.1, -0.05) is 22.9 Å². The molecule has 1 nitrogen and oxygen atoms in total. The summed E-state index contributed by atoms with van der Waals surface area (Å²) in [6.45, 7) is 3.57. The van der Waals surface area contributed by atoms with Crippen LogP contribution in [0.4, 0.5) is 0 Å². The Balaban J connectivity index is 2.18. The zero-order chi connectivity index (χ0) is 7.40. The average molecular weight is 206 g/mol. The molecule has 0 aromatic rings. The Kier molecular flexibility index (Phi) is 3.71. The first-order chi connectivity index (χ1) is 4.83. The van der Waals surface area contributed by atoms with Crippen LogP contribution in [0.2, 0.25) is 0 Å². The van der Waals surface area contributed by atoms with Gasteiger partial charge in [0.05, 0.1) is 0 Å². The van der Waals surface area contributed by atoms with Gasteiger partial charge in [-0.3, -0.25) is 0 Å². The lowest BCUT2D eigenvalue weighted by molar-refractivity contribution is 0.316. The van der Waals surface area contributed by atoms with Crippen molar-refractivity contribution in [3.05, 3.63) is 0 Å². The van der Waals surface area contributed by atoms with E-state index >= 15 is 0 Å². The van der Waals surface area contributed by atoms with E-state index in [0.717, 1.165) is 17.3 Å². The zero-order valence-electron chi connectivity index (χ0n) is 6.57. The zero-order valence-corrected chi connectivity index (χ0v) is 8.15. The molecule has 0 aromatic carbocycles. The second kappa shape index (κ2) is 4.35. The van der Waals surface area contributed by atoms with Gasteiger partial charge in [-0.25, -0.2) is 0 Å². The van der Waals surface area contributed by atoms with Crippen molar-refractivity contribution in [2.75, 3.05) is 11.9 Å². The number of hydrogen-bond acceptors (Lipinski definition) is 1.